The SMILES string of the molecule is CCCc1ccc(Oc2ccc(CBr)c(C)c2)cc1. The molecule has 0 amide bonds. The maximum atomic E-state index is 5.88. The third-order valence-corrected chi connectivity index (χ3v) is 3.76. The van der Waals surface area contributed by atoms with E-state index >= 15 is 0 Å². The average Bonchev–Trinajstić information content (AvgIpc) is 2.42. The molecule has 0 aliphatic rings. The Hall–Kier alpha value is -1.28. The zero-order valence-corrected chi connectivity index (χ0v) is 13.0. The molecule has 0 bridgehead atoms. The molecule has 100 valence electrons. The quantitative estimate of drug-likeness (QED) is 0.649. The van der Waals surface area contributed by atoms with Gasteiger partial charge >= 0.3 is 0 Å². The van der Waals surface area contributed by atoms with Crippen LogP contribution < -0.4 is 4.74 Å². The van der Waals surface area contributed by atoms with Gasteiger partial charge in [0.1, 0.15) is 11.5 Å². The fraction of sp³-hybridized carbons (Fsp3) is 0.294. The molecule has 1 nitrogen and oxygen atoms in total. The van der Waals surface area contributed by atoms with Crippen LogP contribution in [0.4, 0.5) is 0 Å². The molecule has 2 aromatic carbocycles. The Morgan fingerprint density at radius 2 is 1.68 bits per heavy atom. The summed E-state index contributed by atoms with van der Waals surface area (Å²) in [6, 6.07) is 14.6. The van der Waals surface area contributed by atoms with Crippen LogP contribution in [0.2, 0.25) is 0 Å². The van der Waals surface area contributed by atoms with Crippen molar-refractivity contribution in [2.45, 2.75) is 32.0 Å². The highest BCUT2D eigenvalue weighted by Gasteiger charge is 2.01. The Morgan fingerprint density at radius 3 is 2.26 bits per heavy atom. The van der Waals surface area contributed by atoms with Crippen molar-refractivity contribution >= 4 is 15.9 Å². The molecule has 0 unspecified atom stereocenters. The first-order chi connectivity index (χ1) is 9.22. The second-order valence-electron chi connectivity index (χ2n) is 4.72. The van der Waals surface area contributed by atoms with Gasteiger partial charge in [-0.3, -0.25) is 0 Å². The van der Waals surface area contributed by atoms with Gasteiger partial charge in [-0.05, 0) is 54.3 Å². The molecule has 0 aromatic heterocycles. The van der Waals surface area contributed by atoms with Gasteiger partial charge in [0.05, 0.1) is 0 Å². The molecule has 0 aliphatic heterocycles. The largest absolute Gasteiger partial charge is 0.457 e. The van der Waals surface area contributed by atoms with Gasteiger partial charge in [0.15, 0.2) is 0 Å². The summed E-state index contributed by atoms with van der Waals surface area (Å²) in [7, 11) is 0. The van der Waals surface area contributed by atoms with E-state index in [1.807, 2.05) is 18.2 Å². The van der Waals surface area contributed by atoms with E-state index in [2.05, 4.69) is 54.0 Å². The van der Waals surface area contributed by atoms with Crippen LogP contribution >= 0.6 is 15.9 Å². The van der Waals surface area contributed by atoms with Crippen LogP contribution in [0.5, 0.6) is 11.5 Å². The van der Waals surface area contributed by atoms with Crippen LogP contribution in [-0.4, -0.2) is 0 Å². The molecule has 0 saturated heterocycles. The Bertz CT molecular complexity index is 531. The highest BCUT2D eigenvalue weighted by Crippen LogP contribution is 2.25. The number of hydrogen-bond donors (Lipinski definition) is 0. The lowest BCUT2D eigenvalue weighted by molar-refractivity contribution is 0.482. The van der Waals surface area contributed by atoms with E-state index in [0.717, 1.165) is 23.2 Å². The van der Waals surface area contributed by atoms with Gasteiger partial charge in [-0.15, -0.1) is 0 Å². The molecule has 2 rings (SSSR count). The van der Waals surface area contributed by atoms with Gasteiger partial charge in [-0.1, -0.05) is 47.5 Å². The van der Waals surface area contributed by atoms with Crippen molar-refractivity contribution in [3.8, 4) is 11.5 Å². The predicted molar refractivity (Wildman–Crippen MR) is 84.3 cm³/mol. The summed E-state index contributed by atoms with van der Waals surface area (Å²) in [4.78, 5) is 0. The van der Waals surface area contributed by atoms with Crippen molar-refractivity contribution in [3.63, 3.8) is 0 Å². The molecule has 0 spiro atoms. The average molecular weight is 319 g/mol. The first-order valence-electron chi connectivity index (χ1n) is 6.65. The van der Waals surface area contributed by atoms with Crippen molar-refractivity contribution in [1.82, 2.24) is 0 Å². The normalized spacial score (nSPS) is 10.5. The van der Waals surface area contributed by atoms with Crippen LogP contribution in [0.1, 0.15) is 30.0 Å². The van der Waals surface area contributed by atoms with Gasteiger partial charge in [0, 0.05) is 5.33 Å². The predicted octanol–water partition coefficient (Wildman–Crippen LogP) is 5.63. The van der Waals surface area contributed by atoms with E-state index in [9.17, 15) is 0 Å². The Morgan fingerprint density at radius 1 is 1.00 bits per heavy atom. The van der Waals surface area contributed by atoms with Gasteiger partial charge < -0.3 is 4.74 Å². The molecule has 19 heavy (non-hydrogen) atoms. The molecule has 0 N–H and O–H groups in total. The summed E-state index contributed by atoms with van der Waals surface area (Å²) in [5.41, 5.74) is 3.91. The minimum atomic E-state index is 0.880. The minimum absolute atomic E-state index is 0.880. The molecule has 2 aromatic rings. The topological polar surface area (TPSA) is 9.23 Å². The lowest BCUT2D eigenvalue weighted by Gasteiger charge is -2.09. The zero-order valence-electron chi connectivity index (χ0n) is 11.4. The number of rotatable bonds is 5. The third kappa shape index (κ3) is 3.84. The van der Waals surface area contributed by atoms with Crippen LogP contribution in [-0.2, 0) is 11.8 Å². The van der Waals surface area contributed by atoms with E-state index in [1.165, 1.54) is 23.1 Å². The second kappa shape index (κ2) is 6.76. The fourth-order valence-electron chi connectivity index (χ4n) is 2.03. The summed E-state index contributed by atoms with van der Waals surface area (Å²) < 4.78 is 5.88. The Balaban J connectivity index is 2.10. The summed E-state index contributed by atoms with van der Waals surface area (Å²) in [6.07, 6.45) is 2.30. The van der Waals surface area contributed by atoms with E-state index in [4.69, 9.17) is 4.74 Å². The smallest absolute Gasteiger partial charge is 0.127 e. The van der Waals surface area contributed by atoms with Gasteiger partial charge in [0.25, 0.3) is 0 Å². The first kappa shape index (κ1) is 14.1. The van der Waals surface area contributed by atoms with E-state index in [-0.39, 0.29) is 0 Å². The standard InChI is InChI=1S/C17H19BrO/c1-3-4-14-5-8-16(9-6-14)19-17-10-7-15(12-18)13(2)11-17/h5-11H,3-4,12H2,1-2H3. The summed E-state index contributed by atoms with van der Waals surface area (Å²) in [5, 5.41) is 0.880. The molecule has 0 atom stereocenters. The van der Waals surface area contributed by atoms with Crippen molar-refractivity contribution in [1.29, 1.82) is 0 Å². The molecular formula is C17H19BrO. The lowest BCUT2D eigenvalue weighted by Crippen LogP contribution is -1.89. The molecule has 0 saturated carbocycles. The number of aryl methyl sites for hydroxylation is 2. The van der Waals surface area contributed by atoms with Crippen molar-refractivity contribution in [2.75, 3.05) is 0 Å². The van der Waals surface area contributed by atoms with E-state index in [0.29, 0.717) is 0 Å². The van der Waals surface area contributed by atoms with Crippen LogP contribution in [0.25, 0.3) is 0 Å². The number of alkyl halides is 1. The maximum absolute atomic E-state index is 5.88. The fourth-order valence-corrected chi connectivity index (χ4v) is 2.66. The number of ether oxygens (including phenoxy) is 1. The molecule has 0 aliphatic carbocycles. The highest BCUT2D eigenvalue weighted by molar-refractivity contribution is 9.08. The highest BCUT2D eigenvalue weighted by atomic mass is 79.9. The summed E-state index contributed by atoms with van der Waals surface area (Å²) >= 11 is 3.48. The second-order valence-corrected chi connectivity index (χ2v) is 5.28. The molecule has 0 heterocycles. The number of halogens is 1. The summed E-state index contributed by atoms with van der Waals surface area (Å²) in [6.45, 7) is 4.30. The van der Waals surface area contributed by atoms with Gasteiger partial charge in [0.2, 0.25) is 0 Å². The Labute approximate surface area is 123 Å². The maximum Gasteiger partial charge on any atom is 0.127 e. The Kier molecular flexibility index (Phi) is 5.03. The number of hydrogen-bond acceptors (Lipinski definition) is 1. The van der Waals surface area contributed by atoms with Crippen LogP contribution in [0, 0.1) is 6.92 Å². The van der Waals surface area contributed by atoms with Crippen molar-refractivity contribution in [3.05, 3.63) is 59.2 Å². The van der Waals surface area contributed by atoms with E-state index < -0.39 is 0 Å². The summed E-state index contributed by atoms with van der Waals surface area (Å²) in [5.74, 6) is 1.79. The molecule has 2 heteroatoms. The van der Waals surface area contributed by atoms with Crippen molar-refractivity contribution < 1.29 is 4.74 Å². The number of benzene rings is 2. The monoisotopic (exact) mass is 318 g/mol. The molecular weight excluding hydrogens is 300 g/mol. The van der Waals surface area contributed by atoms with Gasteiger partial charge in [-0.2, -0.15) is 0 Å². The van der Waals surface area contributed by atoms with Crippen LogP contribution in [0.15, 0.2) is 42.5 Å². The zero-order chi connectivity index (χ0) is 13.7. The first-order valence-corrected chi connectivity index (χ1v) is 7.77. The van der Waals surface area contributed by atoms with Crippen molar-refractivity contribution in [2.24, 2.45) is 0 Å². The van der Waals surface area contributed by atoms with Crippen LogP contribution in [0.3, 0.4) is 0 Å². The van der Waals surface area contributed by atoms with E-state index in [1.54, 1.807) is 0 Å². The minimum Gasteiger partial charge on any atom is -0.457 e. The molecule has 0 fully saturated rings. The lowest BCUT2D eigenvalue weighted by atomic mass is 10.1. The molecule has 0 radical (unpaired) electrons. The van der Waals surface area contributed by atoms with Gasteiger partial charge in [-0.25, -0.2) is 0 Å². The third-order valence-electron chi connectivity index (χ3n) is 3.16.